The quantitative estimate of drug-likeness (QED) is 0.592. The van der Waals surface area contributed by atoms with Crippen molar-refractivity contribution in [3.05, 3.63) is 34.9 Å². The maximum absolute atomic E-state index is 11.5. The van der Waals surface area contributed by atoms with Gasteiger partial charge >= 0.3 is 11.8 Å². The Kier molecular flexibility index (Phi) is 7.69. The van der Waals surface area contributed by atoms with Gasteiger partial charge < -0.3 is 15.4 Å². The van der Waals surface area contributed by atoms with Crippen LogP contribution in [-0.4, -0.2) is 31.6 Å². The van der Waals surface area contributed by atoms with E-state index in [0.717, 1.165) is 5.56 Å². The summed E-state index contributed by atoms with van der Waals surface area (Å²) in [6, 6.07) is 7.05. The van der Waals surface area contributed by atoms with Crippen LogP contribution in [0.4, 0.5) is 0 Å². The number of carbonyl (C=O) groups excluding carboxylic acids is 2. The molecular weight excluding hydrogens is 280 g/mol. The summed E-state index contributed by atoms with van der Waals surface area (Å²) in [6.07, 6.45) is 0.685. The van der Waals surface area contributed by atoms with E-state index in [1.165, 1.54) is 0 Å². The maximum Gasteiger partial charge on any atom is 0.309 e. The highest BCUT2D eigenvalue weighted by Crippen LogP contribution is 2.08. The van der Waals surface area contributed by atoms with Crippen LogP contribution in [0.2, 0.25) is 5.02 Å². The lowest BCUT2D eigenvalue weighted by Crippen LogP contribution is -2.40. The fourth-order valence-corrected chi connectivity index (χ4v) is 1.59. The summed E-state index contributed by atoms with van der Waals surface area (Å²) in [6.45, 7) is 3.84. The van der Waals surface area contributed by atoms with Crippen molar-refractivity contribution in [1.29, 1.82) is 0 Å². The second kappa shape index (κ2) is 9.34. The molecule has 0 atom stereocenters. The Morgan fingerprint density at radius 1 is 1.15 bits per heavy atom. The zero-order valence-corrected chi connectivity index (χ0v) is 12.2. The van der Waals surface area contributed by atoms with E-state index in [4.69, 9.17) is 16.3 Å². The topological polar surface area (TPSA) is 67.4 Å². The summed E-state index contributed by atoms with van der Waals surface area (Å²) >= 11 is 5.76. The highest BCUT2D eigenvalue weighted by molar-refractivity contribution is 6.35. The molecule has 0 radical (unpaired) electrons. The number of benzene rings is 1. The zero-order valence-electron chi connectivity index (χ0n) is 11.4. The summed E-state index contributed by atoms with van der Waals surface area (Å²) in [4.78, 5) is 23.0. The van der Waals surface area contributed by atoms with Crippen LogP contribution in [0.3, 0.4) is 0 Å². The Morgan fingerprint density at radius 3 is 2.45 bits per heavy atom. The van der Waals surface area contributed by atoms with Gasteiger partial charge in [-0.25, -0.2) is 0 Å². The van der Waals surface area contributed by atoms with E-state index in [9.17, 15) is 9.59 Å². The van der Waals surface area contributed by atoms with Crippen molar-refractivity contribution in [2.45, 2.75) is 19.9 Å². The predicted molar refractivity (Wildman–Crippen MR) is 77.4 cm³/mol. The van der Waals surface area contributed by atoms with Crippen molar-refractivity contribution in [2.75, 3.05) is 19.8 Å². The van der Waals surface area contributed by atoms with Gasteiger partial charge in [0.05, 0.1) is 0 Å². The van der Waals surface area contributed by atoms with Gasteiger partial charge in [0.25, 0.3) is 0 Å². The molecule has 1 aromatic carbocycles. The summed E-state index contributed by atoms with van der Waals surface area (Å²) in [5, 5.41) is 5.71. The number of hydrogen-bond acceptors (Lipinski definition) is 3. The molecule has 0 saturated heterocycles. The van der Waals surface area contributed by atoms with Gasteiger partial charge in [-0.2, -0.15) is 0 Å². The largest absolute Gasteiger partial charge is 0.382 e. The number of hydrogen-bond donors (Lipinski definition) is 2. The van der Waals surface area contributed by atoms with Gasteiger partial charge in [0.15, 0.2) is 0 Å². The summed E-state index contributed by atoms with van der Waals surface area (Å²) < 4.78 is 5.13. The van der Waals surface area contributed by atoms with E-state index in [1.807, 2.05) is 6.92 Å². The van der Waals surface area contributed by atoms with Crippen LogP contribution in [-0.2, 0) is 20.9 Å². The first-order valence-corrected chi connectivity index (χ1v) is 6.89. The minimum absolute atomic E-state index is 0.294. The predicted octanol–water partition coefficient (Wildman–Crippen LogP) is 1.50. The number of ether oxygens (including phenoxy) is 1. The summed E-state index contributed by atoms with van der Waals surface area (Å²) in [5.41, 5.74) is 0.881. The van der Waals surface area contributed by atoms with Gasteiger partial charge in [-0.3, -0.25) is 9.59 Å². The molecule has 0 aromatic heterocycles. The lowest BCUT2D eigenvalue weighted by atomic mass is 10.2. The fourth-order valence-electron chi connectivity index (χ4n) is 1.47. The minimum Gasteiger partial charge on any atom is -0.382 e. The highest BCUT2D eigenvalue weighted by atomic mass is 35.5. The molecule has 0 spiro atoms. The van der Waals surface area contributed by atoms with E-state index < -0.39 is 11.8 Å². The second-order valence-electron chi connectivity index (χ2n) is 4.12. The molecule has 0 bridgehead atoms. The standard InChI is InChI=1S/C14H19ClN2O3/c1-2-20-9-3-8-16-13(18)14(19)17-10-11-4-6-12(15)7-5-11/h4-7H,2-3,8-10H2,1H3,(H,16,18)(H,17,19). The third-order valence-electron chi connectivity index (χ3n) is 2.53. The Labute approximate surface area is 123 Å². The Hall–Kier alpha value is -1.59. The van der Waals surface area contributed by atoms with Crippen molar-refractivity contribution >= 4 is 23.4 Å². The van der Waals surface area contributed by atoms with E-state index in [2.05, 4.69) is 10.6 Å². The Morgan fingerprint density at radius 2 is 1.80 bits per heavy atom. The van der Waals surface area contributed by atoms with Crippen molar-refractivity contribution in [1.82, 2.24) is 10.6 Å². The van der Waals surface area contributed by atoms with Crippen LogP contribution in [0.15, 0.2) is 24.3 Å². The van der Waals surface area contributed by atoms with Crippen LogP contribution in [0.25, 0.3) is 0 Å². The minimum atomic E-state index is -0.642. The molecule has 0 heterocycles. The molecule has 2 N–H and O–H groups in total. The maximum atomic E-state index is 11.5. The molecule has 5 nitrogen and oxygen atoms in total. The lowest BCUT2D eigenvalue weighted by molar-refractivity contribution is -0.139. The first-order valence-electron chi connectivity index (χ1n) is 6.51. The van der Waals surface area contributed by atoms with Gasteiger partial charge in [-0.1, -0.05) is 23.7 Å². The van der Waals surface area contributed by atoms with Gasteiger partial charge in [-0.05, 0) is 31.0 Å². The van der Waals surface area contributed by atoms with E-state index in [1.54, 1.807) is 24.3 Å². The van der Waals surface area contributed by atoms with E-state index >= 15 is 0 Å². The number of halogens is 1. The van der Waals surface area contributed by atoms with Gasteiger partial charge in [0.2, 0.25) is 0 Å². The monoisotopic (exact) mass is 298 g/mol. The van der Waals surface area contributed by atoms with Gasteiger partial charge in [-0.15, -0.1) is 0 Å². The van der Waals surface area contributed by atoms with Gasteiger partial charge in [0.1, 0.15) is 0 Å². The van der Waals surface area contributed by atoms with E-state index in [-0.39, 0.29) is 0 Å². The van der Waals surface area contributed by atoms with E-state index in [0.29, 0.717) is 37.7 Å². The van der Waals surface area contributed by atoms with Crippen molar-refractivity contribution in [3.63, 3.8) is 0 Å². The normalized spacial score (nSPS) is 10.1. The molecule has 0 aliphatic heterocycles. The number of amides is 2. The van der Waals surface area contributed by atoms with Crippen LogP contribution < -0.4 is 10.6 Å². The molecule has 20 heavy (non-hydrogen) atoms. The molecule has 0 saturated carbocycles. The Balaban J connectivity index is 2.21. The lowest BCUT2D eigenvalue weighted by Gasteiger charge is -2.07. The first kappa shape index (κ1) is 16.5. The van der Waals surface area contributed by atoms with Crippen LogP contribution in [0, 0.1) is 0 Å². The Bertz CT molecular complexity index is 435. The molecular formula is C14H19ClN2O3. The van der Waals surface area contributed by atoms with Crippen LogP contribution in [0.1, 0.15) is 18.9 Å². The fraction of sp³-hybridized carbons (Fsp3) is 0.429. The molecule has 1 rings (SSSR count). The molecule has 0 aliphatic carbocycles. The second-order valence-corrected chi connectivity index (χ2v) is 4.55. The summed E-state index contributed by atoms with van der Waals surface area (Å²) in [7, 11) is 0. The number of rotatable bonds is 7. The molecule has 6 heteroatoms. The van der Waals surface area contributed by atoms with Crippen molar-refractivity contribution in [3.8, 4) is 0 Å². The molecule has 1 aromatic rings. The highest BCUT2D eigenvalue weighted by Gasteiger charge is 2.11. The van der Waals surface area contributed by atoms with Crippen molar-refractivity contribution in [2.24, 2.45) is 0 Å². The molecule has 0 fully saturated rings. The van der Waals surface area contributed by atoms with Gasteiger partial charge in [0, 0.05) is 31.3 Å². The first-order chi connectivity index (χ1) is 9.63. The summed E-state index contributed by atoms with van der Waals surface area (Å²) in [5.74, 6) is -1.27. The van der Waals surface area contributed by atoms with Crippen LogP contribution in [0.5, 0.6) is 0 Å². The molecule has 0 unspecified atom stereocenters. The average Bonchev–Trinajstić information content (AvgIpc) is 2.46. The zero-order chi connectivity index (χ0) is 14.8. The molecule has 2 amide bonds. The van der Waals surface area contributed by atoms with Crippen molar-refractivity contribution < 1.29 is 14.3 Å². The third kappa shape index (κ3) is 6.54. The number of carbonyl (C=O) groups is 2. The molecule has 110 valence electrons. The number of nitrogens with one attached hydrogen (secondary N) is 2. The third-order valence-corrected chi connectivity index (χ3v) is 2.78. The average molecular weight is 299 g/mol. The molecule has 0 aliphatic rings. The SMILES string of the molecule is CCOCCCNC(=O)C(=O)NCc1ccc(Cl)cc1. The van der Waals surface area contributed by atoms with Crippen LogP contribution >= 0.6 is 11.6 Å². The smallest absolute Gasteiger partial charge is 0.309 e.